The van der Waals surface area contributed by atoms with Crippen LogP contribution in [0.5, 0.6) is 0 Å². The summed E-state index contributed by atoms with van der Waals surface area (Å²) in [6.07, 6.45) is 5.14. The second-order valence-electron chi connectivity index (χ2n) is 4.87. The van der Waals surface area contributed by atoms with Crippen LogP contribution in [-0.4, -0.2) is 20.5 Å². The van der Waals surface area contributed by atoms with Crippen molar-refractivity contribution in [3.05, 3.63) is 28.7 Å². The van der Waals surface area contributed by atoms with Gasteiger partial charge in [0, 0.05) is 10.5 Å². The van der Waals surface area contributed by atoms with Gasteiger partial charge in [-0.05, 0) is 37.1 Å². The highest BCUT2D eigenvalue weighted by molar-refractivity contribution is 9.10. The van der Waals surface area contributed by atoms with Crippen LogP contribution < -0.4 is 10.0 Å². The summed E-state index contributed by atoms with van der Waals surface area (Å²) in [7, 11) is -3.81. The minimum Gasteiger partial charge on any atom is -0.335 e. The van der Waals surface area contributed by atoms with Crippen molar-refractivity contribution >= 4 is 32.0 Å². The third-order valence-corrected chi connectivity index (χ3v) is 5.17. The van der Waals surface area contributed by atoms with Crippen molar-refractivity contribution in [3.8, 4) is 0 Å². The molecule has 7 heteroatoms. The Balaban J connectivity index is 1.97. The normalized spacial score (nSPS) is 16.6. The Bertz CT molecular complexity index is 566. The summed E-state index contributed by atoms with van der Waals surface area (Å²) in [4.78, 5) is 11.8. The molecular weight excluding hydrogens is 344 g/mol. The summed E-state index contributed by atoms with van der Waals surface area (Å²) in [6, 6.07) is 5.55. The highest BCUT2D eigenvalue weighted by Crippen LogP contribution is 2.17. The van der Waals surface area contributed by atoms with Gasteiger partial charge in [-0.15, -0.1) is 0 Å². The molecule has 2 rings (SSSR count). The SMILES string of the molecule is O=C(NC1CCCCC1)NS(=O)(=O)c1ccc(Br)cc1. The third kappa shape index (κ3) is 4.21. The minimum atomic E-state index is -3.81. The molecule has 0 unspecified atom stereocenters. The molecule has 110 valence electrons. The number of carbonyl (C=O) groups excluding carboxylic acids is 1. The summed E-state index contributed by atoms with van der Waals surface area (Å²) in [6.45, 7) is 0. The summed E-state index contributed by atoms with van der Waals surface area (Å²) in [5.74, 6) is 0. The van der Waals surface area contributed by atoms with Gasteiger partial charge in [-0.25, -0.2) is 17.9 Å². The predicted molar refractivity (Wildman–Crippen MR) is 79.9 cm³/mol. The van der Waals surface area contributed by atoms with Crippen molar-refractivity contribution in [2.45, 2.75) is 43.0 Å². The lowest BCUT2D eigenvalue weighted by atomic mass is 9.96. The fourth-order valence-electron chi connectivity index (χ4n) is 2.26. The van der Waals surface area contributed by atoms with Gasteiger partial charge in [0.25, 0.3) is 10.0 Å². The Morgan fingerprint density at radius 3 is 2.30 bits per heavy atom. The van der Waals surface area contributed by atoms with Gasteiger partial charge < -0.3 is 5.32 Å². The van der Waals surface area contributed by atoms with Crippen molar-refractivity contribution in [1.29, 1.82) is 0 Å². The first-order chi connectivity index (χ1) is 9.47. The standard InChI is InChI=1S/C13H17BrN2O3S/c14-10-6-8-12(9-7-10)20(18,19)16-13(17)15-11-4-2-1-3-5-11/h6-9,11H,1-5H2,(H2,15,16,17). The fourth-order valence-corrected chi connectivity index (χ4v) is 3.44. The molecule has 0 spiro atoms. The first-order valence-electron chi connectivity index (χ1n) is 6.56. The molecule has 0 saturated heterocycles. The monoisotopic (exact) mass is 360 g/mol. The van der Waals surface area contributed by atoms with Crippen molar-refractivity contribution in [2.24, 2.45) is 0 Å². The zero-order valence-corrected chi connectivity index (χ0v) is 13.3. The van der Waals surface area contributed by atoms with Gasteiger partial charge in [-0.2, -0.15) is 0 Å². The maximum absolute atomic E-state index is 12.0. The van der Waals surface area contributed by atoms with Crippen molar-refractivity contribution in [1.82, 2.24) is 10.0 Å². The lowest BCUT2D eigenvalue weighted by molar-refractivity contribution is 0.237. The van der Waals surface area contributed by atoms with Crippen LogP contribution in [0.25, 0.3) is 0 Å². The van der Waals surface area contributed by atoms with Crippen LogP contribution in [0.3, 0.4) is 0 Å². The minimum absolute atomic E-state index is 0.0690. The predicted octanol–water partition coefficient (Wildman–Crippen LogP) is 2.77. The van der Waals surface area contributed by atoms with E-state index >= 15 is 0 Å². The van der Waals surface area contributed by atoms with E-state index in [-0.39, 0.29) is 10.9 Å². The Hall–Kier alpha value is -1.08. The summed E-state index contributed by atoms with van der Waals surface area (Å²) < 4.78 is 26.8. The molecule has 1 saturated carbocycles. The molecule has 1 aromatic rings. The summed E-state index contributed by atoms with van der Waals surface area (Å²) >= 11 is 3.23. The summed E-state index contributed by atoms with van der Waals surface area (Å²) in [5, 5.41) is 2.72. The van der Waals surface area contributed by atoms with Gasteiger partial charge in [-0.3, -0.25) is 0 Å². The van der Waals surface area contributed by atoms with Gasteiger partial charge in [0.15, 0.2) is 0 Å². The molecule has 1 fully saturated rings. The molecule has 0 aromatic heterocycles. The molecule has 1 aliphatic rings. The maximum atomic E-state index is 12.0. The van der Waals surface area contributed by atoms with Gasteiger partial charge >= 0.3 is 6.03 Å². The van der Waals surface area contributed by atoms with Crippen molar-refractivity contribution < 1.29 is 13.2 Å². The van der Waals surface area contributed by atoms with E-state index in [2.05, 4.69) is 21.2 Å². The smallest absolute Gasteiger partial charge is 0.328 e. The van der Waals surface area contributed by atoms with Crippen molar-refractivity contribution in [2.75, 3.05) is 0 Å². The molecular formula is C13H17BrN2O3S. The largest absolute Gasteiger partial charge is 0.335 e. The van der Waals surface area contributed by atoms with Gasteiger partial charge in [-0.1, -0.05) is 35.2 Å². The second-order valence-corrected chi connectivity index (χ2v) is 7.47. The lowest BCUT2D eigenvalue weighted by Gasteiger charge is -2.22. The van der Waals surface area contributed by atoms with Gasteiger partial charge in [0.05, 0.1) is 4.90 Å². The molecule has 2 N–H and O–H groups in total. The van der Waals surface area contributed by atoms with Gasteiger partial charge in [0.1, 0.15) is 0 Å². The number of benzene rings is 1. The van der Waals surface area contributed by atoms with E-state index in [0.717, 1.165) is 30.2 Å². The number of sulfonamides is 1. The van der Waals surface area contributed by atoms with Crippen LogP contribution in [0.1, 0.15) is 32.1 Å². The molecule has 5 nitrogen and oxygen atoms in total. The Kier molecular flexibility index (Phi) is 5.04. The molecule has 0 aliphatic heterocycles. The quantitative estimate of drug-likeness (QED) is 0.869. The molecule has 20 heavy (non-hydrogen) atoms. The molecule has 0 atom stereocenters. The van der Waals surface area contributed by atoms with E-state index < -0.39 is 16.1 Å². The molecule has 0 bridgehead atoms. The number of hydrogen-bond donors (Lipinski definition) is 2. The number of urea groups is 1. The van der Waals surface area contributed by atoms with E-state index in [1.165, 1.54) is 18.6 Å². The van der Waals surface area contributed by atoms with Crippen LogP contribution in [0.4, 0.5) is 4.79 Å². The number of halogens is 1. The van der Waals surface area contributed by atoms with Crippen LogP contribution in [0.15, 0.2) is 33.6 Å². The maximum Gasteiger partial charge on any atom is 0.328 e. The topological polar surface area (TPSA) is 75.3 Å². The van der Waals surface area contributed by atoms with Gasteiger partial charge in [0.2, 0.25) is 0 Å². The average Bonchev–Trinajstić information content (AvgIpc) is 2.39. The molecule has 2 amide bonds. The number of carbonyl (C=O) groups is 1. The lowest BCUT2D eigenvalue weighted by Crippen LogP contribution is -2.45. The Morgan fingerprint density at radius 1 is 1.10 bits per heavy atom. The van der Waals surface area contributed by atoms with E-state index in [1.807, 2.05) is 4.72 Å². The van der Waals surface area contributed by atoms with Crippen LogP contribution >= 0.6 is 15.9 Å². The zero-order valence-electron chi connectivity index (χ0n) is 10.9. The van der Waals surface area contributed by atoms with Crippen molar-refractivity contribution in [3.63, 3.8) is 0 Å². The average molecular weight is 361 g/mol. The zero-order chi connectivity index (χ0) is 14.6. The first kappa shape index (κ1) is 15.3. The Morgan fingerprint density at radius 2 is 1.70 bits per heavy atom. The molecule has 0 heterocycles. The van der Waals surface area contributed by atoms with E-state index in [4.69, 9.17) is 0 Å². The first-order valence-corrected chi connectivity index (χ1v) is 8.84. The number of hydrogen-bond acceptors (Lipinski definition) is 3. The number of amides is 2. The second kappa shape index (κ2) is 6.58. The molecule has 1 aliphatic carbocycles. The van der Waals surface area contributed by atoms with E-state index in [9.17, 15) is 13.2 Å². The third-order valence-electron chi connectivity index (χ3n) is 3.29. The molecule has 0 radical (unpaired) electrons. The Labute approximate surface area is 127 Å². The number of rotatable bonds is 3. The fraction of sp³-hybridized carbons (Fsp3) is 0.462. The van der Waals surface area contributed by atoms with E-state index in [1.54, 1.807) is 12.1 Å². The van der Waals surface area contributed by atoms with Crippen LogP contribution in [-0.2, 0) is 10.0 Å². The highest BCUT2D eigenvalue weighted by atomic mass is 79.9. The van der Waals surface area contributed by atoms with E-state index in [0.29, 0.717) is 0 Å². The highest BCUT2D eigenvalue weighted by Gasteiger charge is 2.20. The van der Waals surface area contributed by atoms with Crippen LogP contribution in [0, 0.1) is 0 Å². The molecule has 1 aromatic carbocycles. The van der Waals surface area contributed by atoms with Crippen LogP contribution in [0.2, 0.25) is 0 Å². The number of nitrogens with one attached hydrogen (secondary N) is 2. The summed E-state index contributed by atoms with van der Waals surface area (Å²) in [5.41, 5.74) is 0.